The van der Waals surface area contributed by atoms with Crippen LogP contribution in [0.3, 0.4) is 0 Å². The number of aliphatic hydroxyl groups excluding tert-OH is 1. The second-order valence-corrected chi connectivity index (χ2v) is 5.32. The Labute approximate surface area is 171 Å². The molecular formula is C17H15N2NaO6. The standard InChI is InChI=1S/C17H16N2O6.Na/c20-14(9-11-5-2-1-3-6-11)18-15(17(22)23)16(21)12-7-4-8-13(10-12)19(24)25;/h1-8,10,15-16,21H,9H2,(H,18,20)(H,22,23);/q;+1/p-1. The normalized spacial score (nSPS) is 12.3. The largest absolute Gasteiger partial charge is 1.00 e. The maximum absolute atomic E-state index is 12.0. The van der Waals surface area contributed by atoms with Crippen molar-refractivity contribution in [3.63, 3.8) is 0 Å². The molecule has 0 spiro atoms. The zero-order valence-corrected chi connectivity index (χ0v) is 16.0. The van der Waals surface area contributed by atoms with E-state index < -0.39 is 28.9 Å². The van der Waals surface area contributed by atoms with Crippen LogP contribution in [0.4, 0.5) is 5.69 Å². The van der Waals surface area contributed by atoms with Gasteiger partial charge in [-0.3, -0.25) is 14.9 Å². The Hall–Kier alpha value is -2.26. The summed E-state index contributed by atoms with van der Waals surface area (Å²) in [5.41, 5.74) is 0.356. The van der Waals surface area contributed by atoms with Crippen LogP contribution < -0.4 is 40.0 Å². The number of aliphatic carboxylic acids is 1. The van der Waals surface area contributed by atoms with Gasteiger partial charge in [-0.1, -0.05) is 42.5 Å². The summed E-state index contributed by atoms with van der Waals surface area (Å²) < 4.78 is 0. The van der Waals surface area contributed by atoms with E-state index in [1.807, 2.05) is 0 Å². The van der Waals surface area contributed by atoms with Crippen LogP contribution in [-0.2, 0) is 16.0 Å². The van der Waals surface area contributed by atoms with E-state index in [1.54, 1.807) is 30.3 Å². The van der Waals surface area contributed by atoms with E-state index >= 15 is 0 Å². The Morgan fingerprint density at radius 2 is 1.77 bits per heavy atom. The maximum atomic E-state index is 12.0. The summed E-state index contributed by atoms with van der Waals surface area (Å²) in [7, 11) is 0. The number of rotatable bonds is 7. The number of carboxylic acids is 1. The van der Waals surface area contributed by atoms with Crippen molar-refractivity contribution in [2.45, 2.75) is 18.6 Å². The number of carboxylic acid groups (broad SMARTS) is 1. The molecular weight excluding hydrogens is 351 g/mol. The molecule has 2 atom stereocenters. The summed E-state index contributed by atoms with van der Waals surface area (Å²) >= 11 is 0. The molecule has 0 fully saturated rings. The average molecular weight is 366 g/mol. The monoisotopic (exact) mass is 366 g/mol. The molecule has 0 radical (unpaired) electrons. The van der Waals surface area contributed by atoms with E-state index in [1.165, 1.54) is 18.2 Å². The minimum absolute atomic E-state index is 0. The summed E-state index contributed by atoms with van der Waals surface area (Å²) in [6.45, 7) is 0. The third kappa shape index (κ3) is 5.92. The topological polar surface area (TPSA) is 133 Å². The maximum Gasteiger partial charge on any atom is 1.00 e. The Morgan fingerprint density at radius 3 is 2.35 bits per heavy atom. The number of non-ortho nitro benzene ring substituents is 1. The van der Waals surface area contributed by atoms with Crippen molar-refractivity contribution in [2.75, 3.05) is 0 Å². The Kier molecular flexibility index (Phi) is 8.40. The molecule has 26 heavy (non-hydrogen) atoms. The van der Waals surface area contributed by atoms with Gasteiger partial charge in [0.1, 0.15) is 6.10 Å². The minimum Gasteiger partial charge on any atom is -0.548 e. The smallest absolute Gasteiger partial charge is 0.548 e. The quantitative estimate of drug-likeness (QED) is 0.307. The van der Waals surface area contributed by atoms with E-state index in [4.69, 9.17) is 0 Å². The van der Waals surface area contributed by atoms with Gasteiger partial charge in [-0.05, 0) is 11.1 Å². The third-order valence-electron chi connectivity index (χ3n) is 3.52. The zero-order valence-electron chi connectivity index (χ0n) is 14.0. The molecule has 0 aliphatic heterocycles. The molecule has 0 aromatic heterocycles. The number of hydrogen-bond donors (Lipinski definition) is 2. The van der Waals surface area contributed by atoms with Crippen LogP contribution in [0.25, 0.3) is 0 Å². The fraction of sp³-hybridized carbons (Fsp3) is 0.176. The average Bonchev–Trinajstić information content (AvgIpc) is 2.60. The molecule has 0 saturated carbocycles. The van der Waals surface area contributed by atoms with Crippen LogP contribution in [0, 0.1) is 10.1 Å². The molecule has 8 nitrogen and oxygen atoms in total. The molecule has 2 unspecified atom stereocenters. The molecule has 2 rings (SSSR count). The molecule has 9 heteroatoms. The number of carbonyl (C=O) groups excluding carboxylic acids is 2. The molecule has 2 aromatic rings. The number of nitrogens with zero attached hydrogens (tertiary/aromatic N) is 1. The van der Waals surface area contributed by atoms with Crippen molar-refractivity contribution >= 4 is 17.6 Å². The van der Waals surface area contributed by atoms with Crippen LogP contribution in [0.5, 0.6) is 0 Å². The van der Waals surface area contributed by atoms with Crippen LogP contribution >= 0.6 is 0 Å². The minimum atomic E-state index is -1.74. The second-order valence-electron chi connectivity index (χ2n) is 5.32. The van der Waals surface area contributed by atoms with E-state index in [0.29, 0.717) is 5.56 Å². The number of nitro benzene ring substituents is 1. The van der Waals surface area contributed by atoms with E-state index in [0.717, 1.165) is 6.07 Å². The molecule has 0 heterocycles. The first kappa shape index (κ1) is 21.8. The summed E-state index contributed by atoms with van der Waals surface area (Å²) in [5, 5.41) is 34.5. The first-order valence-electron chi connectivity index (χ1n) is 7.35. The van der Waals surface area contributed by atoms with Crippen molar-refractivity contribution in [1.29, 1.82) is 0 Å². The van der Waals surface area contributed by atoms with Gasteiger partial charge >= 0.3 is 29.6 Å². The van der Waals surface area contributed by atoms with E-state index in [9.17, 15) is 29.9 Å². The number of nitro groups is 1. The Balaban J connectivity index is 0.00000338. The predicted octanol–water partition coefficient (Wildman–Crippen LogP) is -2.89. The van der Waals surface area contributed by atoms with Crippen molar-refractivity contribution in [3.8, 4) is 0 Å². The van der Waals surface area contributed by atoms with Crippen LogP contribution in [0.15, 0.2) is 54.6 Å². The first-order valence-corrected chi connectivity index (χ1v) is 7.35. The van der Waals surface area contributed by atoms with Gasteiger partial charge in [0.15, 0.2) is 0 Å². The van der Waals surface area contributed by atoms with Gasteiger partial charge in [-0.15, -0.1) is 0 Å². The number of amides is 1. The number of aliphatic hydroxyl groups is 1. The van der Waals surface area contributed by atoms with Gasteiger partial charge in [0, 0.05) is 12.1 Å². The van der Waals surface area contributed by atoms with Gasteiger partial charge in [0.25, 0.3) is 5.69 Å². The summed E-state index contributed by atoms with van der Waals surface area (Å²) in [4.78, 5) is 33.4. The Morgan fingerprint density at radius 1 is 1.12 bits per heavy atom. The molecule has 2 aromatic carbocycles. The fourth-order valence-electron chi connectivity index (χ4n) is 2.29. The molecule has 0 bridgehead atoms. The Bertz CT molecular complexity index is 784. The van der Waals surface area contributed by atoms with Gasteiger partial charge in [-0.2, -0.15) is 0 Å². The van der Waals surface area contributed by atoms with Crippen LogP contribution in [0.2, 0.25) is 0 Å². The van der Waals surface area contributed by atoms with Crippen molar-refractivity contribution in [3.05, 3.63) is 75.8 Å². The first-order chi connectivity index (χ1) is 11.9. The van der Waals surface area contributed by atoms with Gasteiger partial charge in [-0.25, -0.2) is 0 Å². The number of carbonyl (C=O) groups is 2. The fourth-order valence-corrected chi connectivity index (χ4v) is 2.29. The number of hydrogen-bond acceptors (Lipinski definition) is 6. The molecule has 1 amide bonds. The van der Waals surface area contributed by atoms with Crippen molar-refractivity contribution in [2.24, 2.45) is 0 Å². The van der Waals surface area contributed by atoms with Crippen LogP contribution in [0.1, 0.15) is 17.2 Å². The van der Waals surface area contributed by atoms with Gasteiger partial charge in [0.2, 0.25) is 5.91 Å². The number of benzene rings is 2. The van der Waals surface area contributed by atoms with Gasteiger partial charge in [0.05, 0.1) is 23.4 Å². The van der Waals surface area contributed by atoms with E-state index in [-0.39, 0.29) is 47.2 Å². The third-order valence-corrected chi connectivity index (χ3v) is 3.52. The van der Waals surface area contributed by atoms with Crippen LogP contribution in [-0.4, -0.2) is 27.9 Å². The predicted molar refractivity (Wildman–Crippen MR) is 85.1 cm³/mol. The summed E-state index contributed by atoms with van der Waals surface area (Å²) in [6.07, 6.45) is -1.77. The molecule has 0 aliphatic carbocycles. The molecule has 130 valence electrons. The molecule has 0 aliphatic rings. The van der Waals surface area contributed by atoms with E-state index in [2.05, 4.69) is 5.32 Å². The molecule has 0 saturated heterocycles. The van der Waals surface area contributed by atoms with Crippen molar-refractivity contribution in [1.82, 2.24) is 5.32 Å². The summed E-state index contributed by atoms with van der Waals surface area (Å²) in [6, 6.07) is 11.8. The van der Waals surface area contributed by atoms with Gasteiger partial charge < -0.3 is 20.3 Å². The summed E-state index contributed by atoms with van der Waals surface area (Å²) in [5.74, 6) is -2.31. The zero-order chi connectivity index (χ0) is 18.4. The molecule has 2 N–H and O–H groups in total. The SMILES string of the molecule is O=C(Cc1ccccc1)NC(C(=O)[O-])C(O)c1cccc([N+](=O)[O-])c1.[Na+]. The van der Waals surface area contributed by atoms with Crippen molar-refractivity contribution < 1.29 is 54.3 Å². The number of nitrogens with one attached hydrogen (secondary N) is 1. The second kappa shape index (κ2) is 10.0.